The monoisotopic (exact) mass is 304 g/mol. The summed E-state index contributed by atoms with van der Waals surface area (Å²) in [6, 6.07) is 14.7. The molecule has 23 heavy (non-hydrogen) atoms. The number of aromatic amines is 1. The van der Waals surface area contributed by atoms with Gasteiger partial charge in [-0.05, 0) is 18.2 Å². The molecular formula is C18H12N2O3. The number of fused-ring (bicyclic) bond motifs is 2. The van der Waals surface area contributed by atoms with E-state index < -0.39 is 12.0 Å². The van der Waals surface area contributed by atoms with Crippen molar-refractivity contribution in [3.63, 3.8) is 0 Å². The maximum Gasteiger partial charge on any atom is 0.419 e. The highest BCUT2D eigenvalue weighted by Gasteiger charge is 2.36. The summed E-state index contributed by atoms with van der Waals surface area (Å²) >= 11 is 0. The Morgan fingerprint density at radius 2 is 1.83 bits per heavy atom. The van der Waals surface area contributed by atoms with Gasteiger partial charge in [0, 0.05) is 28.2 Å². The standard InChI is InChI=1S/C18H12N2O3/c21-17-14(9-11-10-19-15-7-3-1-5-12(11)15)13-6-2-4-8-16(13)20(17)18(22)23/h1-10,19H,(H,22,23). The molecule has 1 aromatic heterocycles. The molecule has 3 aromatic rings. The number of nitrogens with zero attached hydrogens (tertiary/aromatic N) is 1. The summed E-state index contributed by atoms with van der Waals surface area (Å²) in [5.74, 6) is -0.524. The highest BCUT2D eigenvalue weighted by atomic mass is 16.4. The van der Waals surface area contributed by atoms with Gasteiger partial charge in [-0.1, -0.05) is 36.4 Å². The number of hydrogen-bond acceptors (Lipinski definition) is 2. The normalized spacial score (nSPS) is 15.4. The molecule has 2 N–H and O–H groups in total. The fraction of sp³-hybridized carbons (Fsp3) is 0. The van der Waals surface area contributed by atoms with Crippen molar-refractivity contribution in [1.29, 1.82) is 0 Å². The van der Waals surface area contributed by atoms with Crippen LogP contribution in [0.5, 0.6) is 0 Å². The molecule has 0 saturated heterocycles. The molecule has 0 bridgehead atoms. The largest absolute Gasteiger partial charge is 0.464 e. The molecule has 0 atom stereocenters. The Morgan fingerprint density at radius 3 is 2.65 bits per heavy atom. The summed E-state index contributed by atoms with van der Waals surface area (Å²) in [5.41, 5.74) is 3.23. The molecule has 0 radical (unpaired) electrons. The highest BCUT2D eigenvalue weighted by Crippen LogP contribution is 2.38. The molecule has 0 fully saturated rings. The van der Waals surface area contributed by atoms with Crippen molar-refractivity contribution in [3.8, 4) is 0 Å². The zero-order chi connectivity index (χ0) is 16.0. The van der Waals surface area contributed by atoms with Crippen molar-refractivity contribution in [2.75, 3.05) is 4.90 Å². The molecule has 0 spiro atoms. The number of H-pyrrole nitrogens is 1. The van der Waals surface area contributed by atoms with Crippen LogP contribution >= 0.6 is 0 Å². The van der Waals surface area contributed by atoms with E-state index in [1.807, 2.05) is 30.5 Å². The van der Waals surface area contributed by atoms with E-state index in [4.69, 9.17) is 0 Å². The van der Waals surface area contributed by atoms with Gasteiger partial charge >= 0.3 is 6.09 Å². The summed E-state index contributed by atoms with van der Waals surface area (Å²) < 4.78 is 0. The van der Waals surface area contributed by atoms with Crippen LogP contribution in [0, 0.1) is 0 Å². The molecule has 2 amide bonds. The highest BCUT2D eigenvalue weighted by molar-refractivity contribution is 6.41. The van der Waals surface area contributed by atoms with Crippen molar-refractivity contribution in [3.05, 3.63) is 65.9 Å². The number of carboxylic acid groups (broad SMARTS) is 1. The van der Waals surface area contributed by atoms with Crippen molar-refractivity contribution >= 4 is 40.2 Å². The molecule has 2 aromatic carbocycles. The van der Waals surface area contributed by atoms with Gasteiger partial charge in [-0.3, -0.25) is 4.79 Å². The van der Waals surface area contributed by atoms with Crippen LogP contribution in [0.1, 0.15) is 11.1 Å². The number of carbonyl (C=O) groups is 2. The second-order valence-electron chi connectivity index (χ2n) is 5.29. The minimum absolute atomic E-state index is 0.382. The van der Waals surface area contributed by atoms with Crippen molar-refractivity contribution in [2.45, 2.75) is 0 Å². The van der Waals surface area contributed by atoms with E-state index in [2.05, 4.69) is 4.98 Å². The number of anilines is 1. The molecule has 4 rings (SSSR count). The van der Waals surface area contributed by atoms with Crippen molar-refractivity contribution < 1.29 is 14.7 Å². The predicted octanol–water partition coefficient (Wildman–Crippen LogP) is 3.73. The SMILES string of the molecule is O=C(O)N1C(=O)C(=Cc2c[nH]c3ccccc23)c2ccccc21. The van der Waals surface area contributed by atoms with Gasteiger partial charge < -0.3 is 10.1 Å². The molecule has 1 aliphatic rings. The van der Waals surface area contributed by atoms with Crippen LogP contribution in [-0.2, 0) is 4.79 Å². The lowest BCUT2D eigenvalue weighted by Crippen LogP contribution is -2.31. The fourth-order valence-electron chi connectivity index (χ4n) is 2.94. The number of aromatic nitrogens is 1. The predicted molar refractivity (Wildman–Crippen MR) is 88.1 cm³/mol. The van der Waals surface area contributed by atoms with Crippen LogP contribution in [-0.4, -0.2) is 22.1 Å². The first-order chi connectivity index (χ1) is 11.2. The Hall–Kier alpha value is -3.34. The number of rotatable bonds is 1. The summed E-state index contributed by atoms with van der Waals surface area (Å²) in [6.45, 7) is 0. The first-order valence-electron chi connectivity index (χ1n) is 7.11. The zero-order valence-electron chi connectivity index (χ0n) is 12.0. The maximum atomic E-state index is 12.5. The van der Waals surface area contributed by atoms with Gasteiger partial charge in [0.2, 0.25) is 0 Å². The fourth-order valence-corrected chi connectivity index (χ4v) is 2.94. The number of hydrogen-bond donors (Lipinski definition) is 2. The number of para-hydroxylation sites is 2. The van der Waals surface area contributed by atoms with E-state index in [-0.39, 0.29) is 0 Å². The van der Waals surface area contributed by atoms with Gasteiger partial charge in [-0.25, -0.2) is 9.69 Å². The molecule has 0 unspecified atom stereocenters. The average Bonchev–Trinajstić information content (AvgIpc) is 3.08. The van der Waals surface area contributed by atoms with E-state index in [9.17, 15) is 14.7 Å². The lowest BCUT2D eigenvalue weighted by molar-refractivity contribution is -0.112. The van der Waals surface area contributed by atoms with Crippen molar-refractivity contribution in [1.82, 2.24) is 4.98 Å². The summed E-state index contributed by atoms with van der Waals surface area (Å²) in [5, 5.41) is 10.3. The van der Waals surface area contributed by atoms with Crippen LogP contribution in [0.2, 0.25) is 0 Å². The number of benzene rings is 2. The lowest BCUT2D eigenvalue weighted by atomic mass is 10.0. The average molecular weight is 304 g/mol. The molecule has 112 valence electrons. The van der Waals surface area contributed by atoms with E-state index >= 15 is 0 Å². The minimum atomic E-state index is -1.27. The quantitative estimate of drug-likeness (QED) is 0.673. The second-order valence-corrected chi connectivity index (χ2v) is 5.29. The minimum Gasteiger partial charge on any atom is -0.464 e. The van der Waals surface area contributed by atoms with Gasteiger partial charge in [0.25, 0.3) is 5.91 Å². The zero-order valence-corrected chi connectivity index (χ0v) is 12.0. The Balaban J connectivity index is 1.92. The van der Waals surface area contributed by atoms with E-state index in [1.54, 1.807) is 30.3 Å². The topological polar surface area (TPSA) is 73.4 Å². The van der Waals surface area contributed by atoms with Crippen LogP contribution < -0.4 is 4.90 Å². The summed E-state index contributed by atoms with van der Waals surface area (Å²) in [6.07, 6.45) is 2.28. The number of nitrogens with one attached hydrogen (secondary N) is 1. The third kappa shape index (κ3) is 1.94. The summed E-state index contributed by atoms with van der Waals surface area (Å²) in [4.78, 5) is 27.9. The van der Waals surface area contributed by atoms with Gasteiger partial charge in [0.1, 0.15) is 0 Å². The third-order valence-corrected chi connectivity index (χ3v) is 3.98. The van der Waals surface area contributed by atoms with Crippen LogP contribution in [0.25, 0.3) is 22.6 Å². The molecular weight excluding hydrogens is 292 g/mol. The molecule has 2 heterocycles. The first-order valence-corrected chi connectivity index (χ1v) is 7.11. The number of carbonyl (C=O) groups excluding carboxylic acids is 1. The van der Waals surface area contributed by atoms with Gasteiger partial charge in [-0.15, -0.1) is 0 Å². The van der Waals surface area contributed by atoms with Gasteiger partial charge in [0.05, 0.1) is 11.3 Å². The Morgan fingerprint density at radius 1 is 1.09 bits per heavy atom. The molecule has 1 aliphatic heterocycles. The van der Waals surface area contributed by atoms with E-state index in [0.717, 1.165) is 21.4 Å². The number of amides is 2. The Kier molecular flexibility index (Phi) is 2.81. The number of imide groups is 1. The lowest BCUT2D eigenvalue weighted by Gasteiger charge is -2.09. The molecule has 5 heteroatoms. The van der Waals surface area contributed by atoms with Crippen LogP contribution in [0.3, 0.4) is 0 Å². The Labute approximate surface area is 131 Å². The molecule has 0 aliphatic carbocycles. The first kappa shape index (κ1) is 13.3. The van der Waals surface area contributed by atoms with Crippen LogP contribution in [0.15, 0.2) is 54.7 Å². The Bertz CT molecular complexity index is 985. The van der Waals surface area contributed by atoms with Crippen LogP contribution in [0.4, 0.5) is 10.5 Å². The van der Waals surface area contributed by atoms with Gasteiger partial charge in [0.15, 0.2) is 0 Å². The molecule has 5 nitrogen and oxygen atoms in total. The summed E-state index contributed by atoms with van der Waals surface area (Å²) in [7, 11) is 0. The third-order valence-electron chi connectivity index (χ3n) is 3.98. The smallest absolute Gasteiger partial charge is 0.419 e. The molecule has 0 saturated carbocycles. The van der Waals surface area contributed by atoms with E-state index in [0.29, 0.717) is 16.8 Å². The van der Waals surface area contributed by atoms with Crippen molar-refractivity contribution in [2.24, 2.45) is 0 Å². The van der Waals surface area contributed by atoms with Gasteiger partial charge in [-0.2, -0.15) is 0 Å². The second kappa shape index (κ2) is 4.84. The maximum absolute atomic E-state index is 12.5. The van der Waals surface area contributed by atoms with E-state index in [1.165, 1.54) is 0 Å².